The summed E-state index contributed by atoms with van der Waals surface area (Å²) in [4.78, 5) is 0. The van der Waals surface area contributed by atoms with Crippen molar-refractivity contribution < 1.29 is 25.5 Å². The van der Waals surface area contributed by atoms with Crippen molar-refractivity contribution in [3.8, 4) is 0 Å². The summed E-state index contributed by atoms with van der Waals surface area (Å²) in [5, 5.41) is 41.9. The van der Waals surface area contributed by atoms with Crippen molar-refractivity contribution in [1.29, 1.82) is 0 Å². The van der Waals surface area contributed by atoms with Crippen LogP contribution in [0.2, 0.25) is 0 Å². The lowest BCUT2D eigenvalue weighted by Gasteiger charge is -2.08. The fourth-order valence-corrected chi connectivity index (χ4v) is 1.34. The average molecular weight is 266 g/mol. The molecule has 0 saturated carbocycles. The third-order valence-corrected chi connectivity index (χ3v) is 2.51. The lowest BCUT2D eigenvalue weighted by atomic mass is 10.1. The molecule has 0 amide bonds. The van der Waals surface area contributed by atoms with Gasteiger partial charge in [-0.05, 0) is 19.3 Å². The molecule has 0 bridgehead atoms. The van der Waals surface area contributed by atoms with Crippen LogP contribution >= 0.6 is 0 Å². The first-order chi connectivity index (χ1) is 8.62. The van der Waals surface area contributed by atoms with Crippen LogP contribution in [0.25, 0.3) is 0 Å². The van der Waals surface area contributed by atoms with Crippen molar-refractivity contribution in [2.45, 2.75) is 64.1 Å². The summed E-state index contributed by atoms with van der Waals surface area (Å²) in [6.07, 6.45) is 6.11. The van der Waals surface area contributed by atoms with Gasteiger partial charge >= 0.3 is 0 Å². The van der Waals surface area contributed by atoms with Gasteiger partial charge in [0, 0.05) is 6.61 Å². The molecular formula is C13H30O5. The third-order valence-electron chi connectivity index (χ3n) is 2.51. The summed E-state index contributed by atoms with van der Waals surface area (Å²) in [6.45, 7) is 1.65. The molecule has 0 saturated heterocycles. The summed E-state index contributed by atoms with van der Waals surface area (Å²) in [6, 6.07) is 0. The summed E-state index contributed by atoms with van der Waals surface area (Å²) in [7, 11) is 0. The topological polar surface area (TPSA) is 101 Å². The van der Waals surface area contributed by atoms with E-state index in [0.29, 0.717) is 0 Å². The van der Waals surface area contributed by atoms with Crippen LogP contribution in [0.1, 0.15) is 51.9 Å². The van der Waals surface area contributed by atoms with Gasteiger partial charge in [0.05, 0.1) is 19.3 Å². The minimum Gasteiger partial charge on any atom is -0.396 e. The van der Waals surface area contributed by atoms with Crippen molar-refractivity contribution in [3.63, 3.8) is 0 Å². The van der Waals surface area contributed by atoms with E-state index in [1.165, 1.54) is 19.3 Å². The van der Waals surface area contributed by atoms with Gasteiger partial charge < -0.3 is 25.5 Å². The highest BCUT2D eigenvalue weighted by Crippen LogP contribution is 2.08. The van der Waals surface area contributed by atoms with Gasteiger partial charge in [-0.3, -0.25) is 0 Å². The van der Waals surface area contributed by atoms with Gasteiger partial charge in [0.2, 0.25) is 0 Å². The number of aliphatic hydroxyl groups is 5. The SMILES string of the molecule is CCCCCCC(O)CCCO.OCC(O)CO. The highest BCUT2D eigenvalue weighted by Gasteiger charge is 2.02. The van der Waals surface area contributed by atoms with Crippen molar-refractivity contribution in [2.24, 2.45) is 0 Å². The molecule has 0 radical (unpaired) electrons. The molecular weight excluding hydrogens is 236 g/mol. The molecule has 0 spiro atoms. The van der Waals surface area contributed by atoms with Gasteiger partial charge in [0.15, 0.2) is 0 Å². The highest BCUT2D eigenvalue weighted by molar-refractivity contribution is 4.55. The molecule has 0 aromatic carbocycles. The molecule has 0 heterocycles. The van der Waals surface area contributed by atoms with Crippen LogP contribution in [0.5, 0.6) is 0 Å². The average Bonchev–Trinajstić information content (AvgIpc) is 2.41. The Balaban J connectivity index is 0. The fraction of sp³-hybridized carbons (Fsp3) is 1.00. The van der Waals surface area contributed by atoms with Crippen LogP contribution in [-0.4, -0.2) is 57.6 Å². The molecule has 0 aromatic rings. The number of rotatable bonds is 10. The monoisotopic (exact) mass is 266 g/mol. The molecule has 0 aromatic heterocycles. The van der Waals surface area contributed by atoms with Crippen molar-refractivity contribution >= 4 is 0 Å². The summed E-state index contributed by atoms with van der Waals surface area (Å²) >= 11 is 0. The van der Waals surface area contributed by atoms with E-state index in [-0.39, 0.29) is 25.9 Å². The quantitative estimate of drug-likeness (QED) is 0.369. The normalized spacial score (nSPS) is 12.2. The Labute approximate surface area is 110 Å². The van der Waals surface area contributed by atoms with Crippen molar-refractivity contribution in [1.82, 2.24) is 0 Å². The summed E-state index contributed by atoms with van der Waals surface area (Å²) in [5.41, 5.74) is 0. The van der Waals surface area contributed by atoms with Gasteiger partial charge in [0.25, 0.3) is 0 Å². The van der Waals surface area contributed by atoms with Gasteiger partial charge in [-0.15, -0.1) is 0 Å². The zero-order chi connectivity index (χ0) is 14.2. The van der Waals surface area contributed by atoms with Gasteiger partial charge in [-0.2, -0.15) is 0 Å². The van der Waals surface area contributed by atoms with E-state index in [9.17, 15) is 5.11 Å². The van der Waals surface area contributed by atoms with E-state index in [0.717, 1.165) is 25.7 Å². The van der Waals surface area contributed by atoms with E-state index in [4.69, 9.17) is 20.4 Å². The second kappa shape index (κ2) is 16.8. The molecule has 0 aliphatic carbocycles. The van der Waals surface area contributed by atoms with E-state index in [2.05, 4.69) is 6.92 Å². The van der Waals surface area contributed by atoms with Crippen LogP contribution in [0.4, 0.5) is 0 Å². The second-order valence-corrected chi connectivity index (χ2v) is 4.39. The van der Waals surface area contributed by atoms with Crippen LogP contribution < -0.4 is 0 Å². The Bertz CT molecular complexity index is 139. The molecule has 0 fully saturated rings. The molecule has 18 heavy (non-hydrogen) atoms. The number of hydrogen-bond acceptors (Lipinski definition) is 5. The van der Waals surface area contributed by atoms with Crippen LogP contribution in [0.3, 0.4) is 0 Å². The molecule has 5 heteroatoms. The highest BCUT2D eigenvalue weighted by atomic mass is 16.3. The van der Waals surface area contributed by atoms with Crippen molar-refractivity contribution in [3.05, 3.63) is 0 Å². The molecule has 112 valence electrons. The van der Waals surface area contributed by atoms with Gasteiger partial charge in [-0.25, -0.2) is 0 Å². The number of hydrogen-bond donors (Lipinski definition) is 5. The minimum absolute atomic E-state index is 0.186. The standard InChI is InChI=1S/C10H22O2.C3H8O3/c1-2-3-4-5-7-10(12)8-6-9-11;4-1-3(6)2-5/h10-12H,2-9H2,1H3;3-6H,1-2H2. The number of aliphatic hydroxyl groups excluding tert-OH is 5. The van der Waals surface area contributed by atoms with Gasteiger partial charge in [0.1, 0.15) is 6.10 Å². The molecule has 5 N–H and O–H groups in total. The second-order valence-electron chi connectivity index (χ2n) is 4.39. The van der Waals surface area contributed by atoms with E-state index in [1.807, 2.05) is 0 Å². The molecule has 5 nitrogen and oxygen atoms in total. The third kappa shape index (κ3) is 18.2. The first-order valence-electron chi connectivity index (χ1n) is 6.81. The van der Waals surface area contributed by atoms with Crippen LogP contribution in [0.15, 0.2) is 0 Å². The molecule has 1 atom stereocenters. The molecule has 0 aliphatic rings. The predicted octanol–water partition coefficient (Wildman–Crippen LogP) is 0.422. The maximum atomic E-state index is 9.37. The molecule has 0 aliphatic heterocycles. The summed E-state index contributed by atoms with van der Waals surface area (Å²) in [5.74, 6) is 0. The molecule has 0 rings (SSSR count). The lowest BCUT2D eigenvalue weighted by Crippen LogP contribution is -2.15. The van der Waals surface area contributed by atoms with Gasteiger partial charge in [-0.1, -0.05) is 32.6 Å². The fourth-order valence-electron chi connectivity index (χ4n) is 1.34. The lowest BCUT2D eigenvalue weighted by molar-refractivity contribution is 0.0450. The maximum Gasteiger partial charge on any atom is 0.100 e. The predicted molar refractivity (Wildman–Crippen MR) is 71.3 cm³/mol. The zero-order valence-electron chi connectivity index (χ0n) is 11.5. The smallest absolute Gasteiger partial charge is 0.100 e. The summed E-state index contributed by atoms with van der Waals surface area (Å²) < 4.78 is 0. The first-order valence-corrected chi connectivity index (χ1v) is 6.81. The van der Waals surface area contributed by atoms with E-state index in [1.54, 1.807) is 0 Å². The van der Waals surface area contributed by atoms with E-state index < -0.39 is 6.10 Å². The van der Waals surface area contributed by atoms with Crippen LogP contribution in [0, 0.1) is 0 Å². The Morgan fingerprint density at radius 2 is 1.28 bits per heavy atom. The zero-order valence-corrected chi connectivity index (χ0v) is 11.5. The largest absolute Gasteiger partial charge is 0.396 e. The molecule has 1 unspecified atom stereocenters. The Morgan fingerprint density at radius 3 is 1.67 bits per heavy atom. The van der Waals surface area contributed by atoms with Crippen molar-refractivity contribution in [2.75, 3.05) is 19.8 Å². The Kier molecular flexibility index (Phi) is 18.8. The number of unbranched alkanes of at least 4 members (excludes halogenated alkanes) is 3. The minimum atomic E-state index is -0.954. The maximum absolute atomic E-state index is 9.37. The van der Waals surface area contributed by atoms with Crippen LogP contribution in [-0.2, 0) is 0 Å². The Hall–Kier alpha value is -0.200. The van der Waals surface area contributed by atoms with E-state index >= 15 is 0 Å². The first kappa shape index (κ1) is 20.1. The Morgan fingerprint density at radius 1 is 0.722 bits per heavy atom.